The molecule has 106 valence electrons. The molecule has 2 N–H and O–H groups in total. The van der Waals surface area contributed by atoms with Crippen molar-refractivity contribution in [3.63, 3.8) is 0 Å². The minimum atomic E-state index is -3.39. The molecule has 19 heavy (non-hydrogen) atoms. The van der Waals surface area contributed by atoms with Crippen LogP contribution in [0.3, 0.4) is 0 Å². The molecule has 0 bridgehead atoms. The van der Waals surface area contributed by atoms with Crippen molar-refractivity contribution >= 4 is 10.0 Å². The maximum Gasteiger partial charge on any atom is 0.240 e. The molecule has 0 atom stereocenters. The monoisotopic (exact) mass is 282 g/mol. The summed E-state index contributed by atoms with van der Waals surface area (Å²) in [5, 5.41) is 3.30. The summed E-state index contributed by atoms with van der Waals surface area (Å²) in [6, 6.07) is 7.01. The Bertz CT molecular complexity index is 534. The Balaban J connectivity index is 2.05. The second-order valence-electron chi connectivity index (χ2n) is 5.70. The smallest absolute Gasteiger partial charge is 0.240 e. The van der Waals surface area contributed by atoms with Gasteiger partial charge in [-0.2, -0.15) is 0 Å². The van der Waals surface area contributed by atoms with Crippen LogP contribution in [0.25, 0.3) is 0 Å². The van der Waals surface area contributed by atoms with E-state index in [9.17, 15) is 8.42 Å². The fraction of sp³-hybridized carbons (Fsp3) is 0.571. The summed E-state index contributed by atoms with van der Waals surface area (Å²) < 4.78 is 27.2. The number of hydrogen-bond donors (Lipinski definition) is 2. The van der Waals surface area contributed by atoms with Gasteiger partial charge in [0, 0.05) is 6.54 Å². The second kappa shape index (κ2) is 5.61. The summed E-state index contributed by atoms with van der Waals surface area (Å²) in [5.41, 5.74) is 1.01. The van der Waals surface area contributed by atoms with Crippen molar-refractivity contribution in [2.75, 3.05) is 19.6 Å². The summed E-state index contributed by atoms with van der Waals surface area (Å²) >= 11 is 0. The molecule has 5 heteroatoms. The highest BCUT2D eigenvalue weighted by molar-refractivity contribution is 7.89. The lowest BCUT2D eigenvalue weighted by atomic mass is 9.81. The van der Waals surface area contributed by atoms with Gasteiger partial charge in [-0.3, -0.25) is 0 Å². The van der Waals surface area contributed by atoms with E-state index in [2.05, 4.69) is 17.0 Å². The van der Waals surface area contributed by atoms with Crippen molar-refractivity contribution in [2.45, 2.75) is 31.6 Å². The molecule has 1 saturated heterocycles. The molecule has 0 unspecified atom stereocenters. The first-order chi connectivity index (χ1) is 8.91. The van der Waals surface area contributed by atoms with Gasteiger partial charge in [0.25, 0.3) is 0 Å². The van der Waals surface area contributed by atoms with Gasteiger partial charge in [0.2, 0.25) is 10.0 Å². The summed E-state index contributed by atoms with van der Waals surface area (Å²) in [4.78, 5) is 0.352. The number of rotatable bonds is 4. The Morgan fingerprint density at radius 3 is 2.63 bits per heavy atom. The van der Waals surface area contributed by atoms with E-state index in [1.807, 2.05) is 13.0 Å². The van der Waals surface area contributed by atoms with Crippen molar-refractivity contribution in [3.05, 3.63) is 29.8 Å². The standard InChI is InChI=1S/C14H22N2O2S/c1-12-4-3-5-13(10-12)19(17,18)16-11-14(2)6-8-15-9-7-14/h3-5,10,15-16H,6-9,11H2,1-2H3. The molecule has 1 aromatic carbocycles. The first-order valence-electron chi connectivity index (χ1n) is 6.68. The molecule has 4 nitrogen and oxygen atoms in total. The third kappa shape index (κ3) is 3.78. The topological polar surface area (TPSA) is 58.2 Å². The fourth-order valence-electron chi connectivity index (χ4n) is 2.34. The highest BCUT2D eigenvalue weighted by Crippen LogP contribution is 2.27. The Morgan fingerprint density at radius 2 is 2.00 bits per heavy atom. The number of benzene rings is 1. The third-order valence-electron chi connectivity index (χ3n) is 3.80. The molecule has 1 aliphatic rings. The number of nitrogens with one attached hydrogen (secondary N) is 2. The van der Waals surface area contributed by atoms with E-state index in [1.165, 1.54) is 0 Å². The minimum Gasteiger partial charge on any atom is -0.317 e. The largest absolute Gasteiger partial charge is 0.317 e. The molecular weight excluding hydrogens is 260 g/mol. The highest BCUT2D eigenvalue weighted by Gasteiger charge is 2.28. The molecular formula is C14H22N2O2S. The van der Waals surface area contributed by atoms with Crippen LogP contribution in [0.2, 0.25) is 0 Å². The molecule has 1 fully saturated rings. The van der Waals surface area contributed by atoms with E-state index in [1.54, 1.807) is 18.2 Å². The molecule has 0 spiro atoms. The number of sulfonamides is 1. The van der Waals surface area contributed by atoms with Crippen molar-refractivity contribution in [2.24, 2.45) is 5.41 Å². The zero-order valence-electron chi connectivity index (χ0n) is 11.6. The normalized spacial score (nSPS) is 19.3. The summed E-state index contributed by atoms with van der Waals surface area (Å²) in [6.45, 7) is 6.47. The van der Waals surface area contributed by atoms with Gasteiger partial charge in [0.15, 0.2) is 0 Å². The molecule has 0 saturated carbocycles. The lowest BCUT2D eigenvalue weighted by Crippen LogP contribution is -2.42. The number of aryl methyl sites for hydroxylation is 1. The first-order valence-corrected chi connectivity index (χ1v) is 8.17. The van der Waals surface area contributed by atoms with Crippen LogP contribution in [0.5, 0.6) is 0 Å². The third-order valence-corrected chi connectivity index (χ3v) is 5.20. The number of hydrogen-bond acceptors (Lipinski definition) is 3. The van der Waals surface area contributed by atoms with Gasteiger partial charge in [-0.1, -0.05) is 19.1 Å². The van der Waals surface area contributed by atoms with Crippen LogP contribution >= 0.6 is 0 Å². The Kier molecular flexibility index (Phi) is 4.28. The van der Waals surface area contributed by atoms with Crippen molar-refractivity contribution in [3.8, 4) is 0 Å². The summed E-state index contributed by atoms with van der Waals surface area (Å²) in [7, 11) is -3.39. The van der Waals surface area contributed by atoms with Crippen LogP contribution in [-0.2, 0) is 10.0 Å². The van der Waals surface area contributed by atoms with Gasteiger partial charge in [0.1, 0.15) is 0 Å². The minimum absolute atomic E-state index is 0.0577. The average Bonchev–Trinajstić information content (AvgIpc) is 2.38. The van der Waals surface area contributed by atoms with E-state index in [4.69, 9.17) is 0 Å². The molecule has 1 aromatic rings. The predicted octanol–water partition coefficient (Wildman–Crippen LogP) is 1.66. The molecule has 2 rings (SSSR count). The Hall–Kier alpha value is -0.910. The highest BCUT2D eigenvalue weighted by atomic mass is 32.2. The van der Waals surface area contributed by atoms with Crippen LogP contribution in [0.15, 0.2) is 29.2 Å². The Morgan fingerprint density at radius 1 is 1.32 bits per heavy atom. The maximum absolute atomic E-state index is 12.2. The second-order valence-corrected chi connectivity index (χ2v) is 7.47. The maximum atomic E-state index is 12.2. The Labute approximate surface area is 115 Å². The molecule has 1 aliphatic heterocycles. The van der Waals surface area contributed by atoms with Gasteiger partial charge >= 0.3 is 0 Å². The summed E-state index contributed by atoms with van der Waals surface area (Å²) in [5.74, 6) is 0. The van der Waals surface area contributed by atoms with Crippen molar-refractivity contribution in [1.29, 1.82) is 0 Å². The molecule has 1 heterocycles. The zero-order valence-corrected chi connectivity index (χ0v) is 12.4. The van der Waals surface area contributed by atoms with Crippen LogP contribution in [-0.4, -0.2) is 28.1 Å². The average molecular weight is 282 g/mol. The molecule has 0 aliphatic carbocycles. The first kappa shape index (κ1) is 14.5. The van der Waals surface area contributed by atoms with E-state index < -0.39 is 10.0 Å². The molecule has 0 radical (unpaired) electrons. The SMILES string of the molecule is Cc1cccc(S(=O)(=O)NCC2(C)CCNCC2)c1. The molecule has 0 amide bonds. The zero-order chi connectivity index (χ0) is 13.9. The fourth-order valence-corrected chi connectivity index (χ4v) is 3.65. The van der Waals surface area contributed by atoms with Gasteiger partial charge < -0.3 is 5.32 Å². The van der Waals surface area contributed by atoms with Crippen LogP contribution in [0, 0.1) is 12.3 Å². The lowest BCUT2D eigenvalue weighted by Gasteiger charge is -2.34. The van der Waals surface area contributed by atoms with Gasteiger partial charge in [0.05, 0.1) is 4.90 Å². The van der Waals surface area contributed by atoms with Gasteiger partial charge in [-0.05, 0) is 56.0 Å². The van der Waals surface area contributed by atoms with Crippen LogP contribution in [0.1, 0.15) is 25.3 Å². The van der Waals surface area contributed by atoms with E-state index in [0.717, 1.165) is 31.5 Å². The van der Waals surface area contributed by atoms with Gasteiger partial charge in [-0.25, -0.2) is 13.1 Å². The van der Waals surface area contributed by atoms with Crippen LogP contribution < -0.4 is 10.0 Å². The van der Waals surface area contributed by atoms with Crippen molar-refractivity contribution in [1.82, 2.24) is 10.0 Å². The van der Waals surface area contributed by atoms with E-state index in [0.29, 0.717) is 11.4 Å². The molecule has 0 aromatic heterocycles. The van der Waals surface area contributed by atoms with Gasteiger partial charge in [-0.15, -0.1) is 0 Å². The van der Waals surface area contributed by atoms with Crippen LogP contribution in [0.4, 0.5) is 0 Å². The van der Waals surface area contributed by atoms with Crippen molar-refractivity contribution < 1.29 is 8.42 Å². The summed E-state index contributed by atoms with van der Waals surface area (Å²) in [6.07, 6.45) is 2.01. The van der Waals surface area contributed by atoms with E-state index >= 15 is 0 Å². The van der Waals surface area contributed by atoms with E-state index in [-0.39, 0.29) is 5.41 Å². The lowest BCUT2D eigenvalue weighted by molar-refractivity contribution is 0.232. The quantitative estimate of drug-likeness (QED) is 0.883. The predicted molar refractivity (Wildman–Crippen MR) is 76.6 cm³/mol. The number of piperidine rings is 1.